The molecule has 1 rings (SSSR count). The predicted octanol–water partition coefficient (Wildman–Crippen LogP) is 0.607. The van der Waals surface area contributed by atoms with Gasteiger partial charge < -0.3 is 15.5 Å². The summed E-state index contributed by atoms with van der Waals surface area (Å²) >= 11 is 0. The fourth-order valence-electron chi connectivity index (χ4n) is 2.36. The lowest BCUT2D eigenvalue weighted by atomic mass is 9.81. The smallest absolute Gasteiger partial charge is 0.239 e. The van der Waals surface area contributed by atoms with E-state index in [0.717, 1.165) is 19.4 Å². The second-order valence-electron chi connectivity index (χ2n) is 6.20. The monoisotopic (exact) mass is 269 g/mol. The zero-order chi connectivity index (χ0) is 14.5. The van der Waals surface area contributed by atoms with E-state index in [-0.39, 0.29) is 23.8 Å². The van der Waals surface area contributed by atoms with Crippen molar-refractivity contribution in [3.63, 3.8) is 0 Å². The van der Waals surface area contributed by atoms with Crippen LogP contribution in [0.15, 0.2) is 0 Å². The van der Waals surface area contributed by atoms with E-state index in [1.807, 2.05) is 20.8 Å². The van der Waals surface area contributed by atoms with Crippen molar-refractivity contribution in [1.29, 1.82) is 0 Å². The first kappa shape index (κ1) is 16.0. The van der Waals surface area contributed by atoms with Crippen molar-refractivity contribution >= 4 is 11.8 Å². The van der Waals surface area contributed by atoms with Gasteiger partial charge in [0.2, 0.25) is 11.8 Å². The van der Waals surface area contributed by atoms with Gasteiger partial charge in [-0.2, -0.15) is 0 Å². The maximum absolute atomic E-state index is 12.4. The maximum atomic E-state index is 12.4. The lowest BCUT2D eigenvalue weighted by Gasteiger charge is -2.35. The number of hydrogen-bond acceptors (Lipinski definition) is 3. The quantitative estimate of drug-likeness (QED) is 0.768. The summed E-state index contributed by atoms with van der Waals surface area (Å²) in [5, 5.41) is 6.09. The van der Waals surface area contributed by atoms with Crippen LogP contribution in [-0.4, -0.2) is 49.9 Å². The molecular formula is C14H27N3O2. The molecule has 1 saturated heterocycles. The molecule has 1 atom stereocenters. The van der Waals surface area contributed by atoms with Crippen molar-refractivity contribution in [3.05, 3.63) is 0 Å². The third-order valence-electron chi connectivity index (χ3n) is 3.55. The van der Waals surface area contributed by atoms with E-state index < -0.39 is 0 Å². The predicted molar refractivity (Wildman–Crippen MR) is 75.7 cm³/mol. The van der Waals surface area contributed by atoms with Crippen LogP contribution >= 0.6 is 0 Å². The van der Waals surface area contributed by atoms with Crippen molar-refractivity contribution in [2.24, 2.45) is 11.3 Å². The van der Waals surface area contributed by atoms with Crippen molar-refractivity contribution in [2.45, 2.75) is 33.6 Å². The Morgan fingerprint density at radius 3 is 2.63 bits per heavy atom. The van der Waals surface area contributed by atoms with Gasteiger partial charge in [-0.3, -0.25) is 9.59 Å². The second-order valence-corrected chi connectivity index (χ2v) is 6.20. The number of carbonyl (C=O) groups excluding carboxylic acids is 2. The molecule has 0 bridgehead atoms. The number of nitrogens with zero attached hydrogens (tertiary/aromatic N) is 1. The number of amides is 2. The highest BCUT2D eigenvalue weighted by Crippen LogP contribution is 2.27. The minimum Gasteiger partial charge on any atom is -0.354 e. The number of likely N-dealkylation sites (N-methyl/N-ethyl adjacent to an activating group) is 1. The summed E-state index contributed by atoms with van der Waals surface area (Å²) in [6, 6.07) is 0. The molecule has 1 fully saturated rings. The molecule has 0 aromatic heterocycles. The van der Waals surface area contributed by atoms with Crippen LogP contribution in [0.5, 0.6) is 0 Å². The molecule has 1 unspecified atom stereocenters. The van der Waals surface area contributed by atoms with Crippen molar-refractivity contribution in [1.82, 2.24) is 15.5 Å². The summed E-state index contributed by atoms with van der Waals surface area (Å²) in [5.74, 6) is 0.390. The Morgan fingerprint density at radius 2 is 2.11 bits per heavy atom. The van der Waals surface area contributed by atoms with Crippen LogP contribution in [0.1, 0.15) is 33.6 Å². The topological polar surface area (TPSA) is 61.4 Å². The highest BCUT2D eigenvalue weighted by molar-refractivity contribution is 5.87. The molecule has 2 N–H and O–H groups in total. The first-order chi connectivity index (χ1) is 8.85. The molecule has 1 aliphatic heterocycles. The summed E-state index contributed by atoms with van der Waals surface area (Å²) in [4.78, 5) is 25.7. The molecule has 110 valence electrons. The number of carbonyl (C=O) groups is 2. The largest absolute Gasteiger partial charge is 0.354 e. The highest BCUT2D eigenvalue weighted by atomic mass is 16.2. The van der Waals surface area contributed by atoms with E-state index in [0.29, 0.717) is 19.0 Å². The third-order valence-corrected chi connectivity index (χ3v) is 3.55. The van der Waals surface area contributed by atoms with Gasteiger partial charge in [-0.15, -0.1) is 0 Å². The summed E-state index contributed by atoms with van der Waals surface area (Å²) in [5.41, 5.74) is -0.370. The van der Waals surface area contributed by atoms with Gasteiger partial charge in [-0.1, -0.05) is 13.8 Å². The lowest BCUT2D eigenvalue weighted by molar-refractivity contribution is -0.143. The SMILES string of the molecule is CC(C)CNC(=O)CN(C)C(=O)C1(C)CCCNC1. The normalized spacial score (nSPS) is 23.2. The van der Waals surface area contributed by atoms with Gasteiger partial charge in [0.05, 0.1) is 12.0 Å². The van der Waals surface area contributed by atoms with Crippen LogP contribution in [0.3, 0.4) is 0 Å². The van der Waals surface area contributed by atoms with E-state index in [4.69, 9.17) is 0 Å². The summed E-state index contributed by atoms with van der Waals surface area (Å²) < 4.78 is 0. The molecule has 1 heterocycles. The van der Waals surface area contributed by atoms with Gasteiger partial charge in [-0.25, -0.2) is 0 Å². The molecule has 0 aromatic rings. The Morgan fingerprint density at radius 1 is 1.42 bits per heavy atom. The molecule has 0 spiro atoms. The Balaban J connectivity index is 2.45. The Labute approximate surface area is 116 Å². The molecule has 2 amide bonds. The molecule has 5 nitrogen and oxygen atoms in total. The van der Waals surface area contributed by atoms with Crippen LogP contribution in [0.2, 0.25) is 0 Å². The zero-order valence-electron chi connectivity index (χ0n) is 12.6. The minimum absolute atomic E-state index is 0.0550. The van der Waals surface area contributed by atoms with E-state index in [9.17, 15) is 9.59 Å². The summed E-state index contributed by atoms with van der Waals surface area (Å²) in [7, 11) is 1.71. The van der Waals surface area contributed by atoms with Crippen molar-refractivity contribution in [3.8, 4) is 0 Å². The molecule has 0 saturated carbocycles. The van der Waals surface area contributed by atoms with Gasteiger partial charge in [0.25, 0.3) is 0 Å². The van der Waals surface area contributed by atoms with Gasteiger partial charge in [-0.05, 0) is 32.2 Å². The molecular weight excluding hydrogens is 242 g/mol. The minimum atomic E-state index is -0.370. The second kappa shape index (κ2) is 6.89. The first-order valence-electron chi connectivity index (χ1n) is 7.08. The standard InChI is InChI=1S/C14H27N3O2/c1-11(2)8-16-12(18)9-17(4)13(19)14(3)6-5-7-15-10-14/h11,15H,5-10H2,1-4H3,(H,16,18). The average Bonchev–Trinajstić information content (AvgIpc) is 2.36. The average molecular weight is 269 g/mol. The summed E-state index contributed by atoms with van der Waals surface area (Å²) in [6.45, 7) is 8.53. The maximum Gasteiger partial charge on any atom is 0.239 e. The van der Waals surface area contributed by atoms with Crippen molar-refractivity contribution in [2.75, 3.05) is 33.2 Å². The fraction of sp³-hybridized carbons (Fsp3) is 0.857. The number of nitrogens with one attached hydrogen (secondary N) is 2. The van der Waals surface area contributed by atoms with Crippen LogP contribution in [0, 0.1) is 11.3 Å². The van der Waals surface area contributed by atoms with Crippen LogP contribution < -0.4 is 10.6 Å². The van der Waals surface area contributed by atoms with Crippen LogP contribution in [-0.2, 0) is 9.59 Å². The third kappa shape index (κ3) is 4.82. The Bertz CT molecular complexity index is 323. The molecule has 1 aliphatic rings. The molecule has 5 heteroatoms. The highest BCUT2D eigenvalue weighted by Gasteiger charge is 2.36. The van der Waals surface area contributed by atoms with Crippen LogP contribution in [0.4, 0.5) is 0 Å². The van der Waals surface area contributed by atoms with Gasteiger partial charge >= 0.3 is 0 Å². The summed E-state index contributed by atoms with van der Waals surface area (Å²) in [6.07, 6.45) is 1.90. The van der Waals surface area contributed by atoms with Crippen LogP contribution in [0.25, 0.3) is 0 Å². The zero-order valence-corrected chi connectivity index (χ0v) is 12.6. The Kier molecular flexibility index (Phi) is 5.79. The number of rotatable bonds is 5. The number of hydrogen-bond donors (Lipinski definition) is 2. The van der Waals surface area contributed by atoms with E-state index >= 15 is 0 Å². The Hall–Kier alpha value is -1.10. The molecule has 0 radical (unpaired) electrons. The van der Waals surface area contributed by atoms with Gasteiger partial charge in [0.15, 0.2) is 0 Å². The van der Waals surface area contributed by atoms with E-state index in [1.54, 1.807) is 11.9 Å². The number of piperidine rings is 1. The van der Waals surface area contributed by atoms with Gasteiger partial charge in [0, 0.05) is 20.1 Å². The molecule has 19 heavy (non-hydrogen) atoms. The molecule has 0 aromatic carbocycles. The van der Waals surface area contributed by atoms with E-state index in [1.165, 1.54) is 0 Å². The van der Waals surface area contributed by atoms with Crippen molar-refractivity contribution < 1.29 is 9.59 Å². The lowest BCUT2D eigenvalue weighted by Crippen LogP contribution is -2.51. The van der Waals surface area contributed by atoms with Gasteiger partial charge in [0.1, 0.15) is 0 Å². The first-order valence-corrected chi connectivity index (χ1v) is 7.08. The fourth-order valence-corrected chi connectivity index (χ4v) is 2.36. The van der Waals surface area contributed by atoms with E-state index in [2.05, 4.69) is 10.6 Å². The molecule has 0 aliphatic carbocycles.